The lowest BCUT2D eigenvalue weighted by atomic mass is 9.87. The molecule has 1 aliphatic heterocycles. The molecule has 1 aliphatic rings. The number of hydrogen-bond donors (Lipinski definition) is 2. The van der Waals surface area contributed by atoms with Crippen LogP contribution in [0.2, 0.25) is 0 Å². The van der Waals surface area contributed by atoms with Gasteiger partial charge in [0.2, 0.25) is 0 Å². The van der Waals surface area contributed by atoms with Gasteiger partial charge in [-0.2, -0.15) is 0 Å². The first-order valence-corrected chi connectivity index (χ1v) is 10.9. The minimum atomic E-state index is 0.314. The molecule has 0 saturated carbocycles. The summed E-state index contributed by atoms with van der Waals surface area (Å²) in [4.78, 5) is 2.63. The van der Waals surface area contributed by atoms with Gasteiger partial charge < -0.3 is 19.8 Å². The lowest BCUT2D eigenvalue weighted by Gasteiger charge is -2.17. The molecule has 0 radical (unpaired) electrons. The van der Waals surface area contributed by atoms with E-state index in [4.69, 9.17) is 14.9 Å². The smallest absolute Gasteiger partial charge is 0.0716 e. The van der Waals surface area contributed by atoms with Gasteiger partial charge in [0, 0.05) is 32.9 Å². The van der Waals surface area contributed by atoms with Crippen molar-refractivity contribution in [1.82, 2.24) is 4.90 Å². The van der Waals surface area contributed by atoms with Crippen molar-refractivity contribution in [3.63, 3.8) is 0 Å². The molecular weight excluding hydrogens is 338 g/mol. The Labute approximate surface area is 165 Å². The number of aliphatic hydroxyl groups is 2. The van der Waals surface area contributed by atoms with Gasteiger partial charge in [-0.15, -0.1) is 0 Å². The van der Waals surface area contributed by atoms with Crippen molar-refractivity contribution in [1.29, 1.82) is 0 Å². The maximum atomic E-state index is 9.04. The lowest BCUT2D eigenvalue weighted by Crippen LogP contribution is -2.22. The average molecular weight is 378 g/mol. The van der Waals surface area contributed by atoms with Crippen LogP contribution in [0.25, 0.3) is 0 Å². The van der Waals surface area contributed by atoms with E-state index in [1.807, 2.05) is 6.07 Å². The van der Waals surface area contributed by atoms with Crippen molar-refractivity contribution in [2.75, 3.05) is 39.5 Å². The first kappa shape index (κ1) is 22.4. The van der Waals surface area contributed by atoms with Crippen LogP contribution in [-0.4, -0.2) is 54.6 Å². The summed E-state index contributed by atoms with van der Waals surface area (Å²) in [7, 11) is 0. The molecular formula is C23H39NO3. The lowest BCUT2D eigenvalue weighted by molar-refractivity contribution is 0.114. The van der Waals surface area contributed by atoms with Crippen molar-refractivity contribution in [3.05, 3.63) is 35.9 Å². The average Bonchev–Trinajstić information content (AvgIpc) is 3.08. The summed E-state index contributed by atoms with van der Waals surface area (Å²) < 4.78 is 5.79. The van der Waals surface area contributed by atoms with Gasteiger partial charge in [0.25, 0.3) is 0 Å². The van der Waals surface area contributed by atoms with E-state index in [0.717, 1.165) is 50.5 Å². The SMILES string of the molecule is OCCCCC1CN(CCCCOCc2ccccc2)CC1CCCCO. The van der Waals surface area contributed by atoms with Crippen LogP contribution >= 0.6 is 0 Å². The summed E-state index contributed by atoms with van der Waals surface area (Å²) in [6, 6.07) is 10.4. The molecule has 4 heteroatoms. The van der Waals surface area contributed by atoms with Crippen LogP contribution in [0.5, 0.6) is 0 Å². The number of likely N-dealkylation sites (tertiary alicyclic amines) is 1. The summed E-state index contributed by atoms with van der Waals surface area (Å²) in [5, 5.41) is 18.1. The second kappa shape index (κ2) is 14.1. The molecule has 0 amide bonds. The van der Waals surface area contributed by atoms with Crippen LogP contribution < -0.4 is 0 Å². The van der Waals surface area contributed by atoms with E-state index in [0.29, 0.717) is 19.8 Å². The highest BCUT2D eigenvalue weighted by atomic mass is 16.5. The third kappa shape index (κ3) is 9.20. The zero-order valence-corrected chi connectivity index (χ0v) is 16.9. The molecule has 154 valence electrons. The Morgan fingerprint density at radius 3 is 2.04 bits per heavy atom. The van der Waals surface area contributed by atoms with Crippen molar-refractivity contribution in [3.8, 4) is 0 Å². The Hall–Kier alpha value is -0.940. The van der Waals surface area contributed by atoms with Crippen LogP contribution in [0.3, 0.4) is 0 Å². The van der Waals surface area contributed by atoms with Crippen LogP contribution in [0, 0.1) is 11.8 Å². The van der Waals surface area contributed by atoms with Gasteiger partial charge in [-0.05, 0) is 62.5 Å². The number of unbranched alkanes of at least 4 members (excludes halogenated alkanes) is 3. The highest BCUT2D eigenvalue weighted by Gasteiger charge is 2.31. The Kier molecular flexibility index (Phi) is 11.7. The van der Waals surface area contributed by atoms with Gasteiger partial charge >= 0.3 is 0 Å². The van der Waals surface area contributed by atoms with Crippen molar-refractivity contribution in [2.24, 2.45) is 11.8 Å². The molecule has 4 nitrogen and oxygen atoms in total. The van der Waals surface area contributed by atoms with Crippen LogP contribution in [0.15, 0.2) is 30.3 Å². The normalized spacial score (nSPS) is 20.4. The molecule has 0 bridgehead atoms. The number of hydrogen-bond acceptors (Lipinski definition) is 4. The van der Waals surface area contributed by atoms with E-state index in [9.17, 15) is 0 Å². The van der Waals surface area contributed by atoms with Gasteiger partial charge in [-0.1, -0.05) is 43.2 Å². The summed E-state index contributed by atoms with van der Waals surface area (Å²) in [5.41, 5.74) is 1.24. The molecule has 1 heterocycles. The molecule has 1 fully saturated rings. The van der Waals surface area contributed by atoms with E-state index in [2.05, 4.69) is 29.2 Å². The maximum Gasteiger partial charge on any atom is 0.0716 e. The third-order valence-electron chi connectivity index (χ3n) is 5.74. The largest absolute Gasteiger partial charge is 0.396 e. The minimum Gasteiger partial charge on any atom is -0.396 e. The molecule has 2 atom stereocenters. The van der Waals surface area contributed by atoms with Gasteiger partial charge in [-0.3, -0.25) is 0 Å². The molecule has 1 aromatic rings. The molecule has 2 rings (SSSR count). The minimum absolute atomic E-state index is 0.314. The summed E-state index contributed by atoms with van der Waals surface area (Å²) in [5.74, 6) is 1.54. The van der Waals surface area contributed by atoms with Gasteiger partial charge in [0.15, 0.2) is 0 Å². The first-order valence-electron chi connectivity index (χ1n) is 10.9. The van der Waals surface area contributed by atoms with Crippen LogP contribution in [-0.2, 0) is 11.3 Å². The quantitative estimate of drug-likeness (QED) is 0.456. The van der Waals surface area contributed by atoms with Crippen molar-refractivity contribution >= 4 is 0 Å². The molecule has 2 N–H and O–H groups in total. The van der Waals surface area contributed by atoms with E-state index in [1.165, 1.54) is 44.5 Å². The second-order valence-electron chi connectivity index (χ2n) is 7.96. The van der Waals surface area contributed by atoms with E-state index in [1.54, 1.807) is 0 Å². The number of aliphatic hydroxyl groups excluding tert-OH is 2. The van der Waals surface area contributed by atoms with E-state index < -0.39 is 0 Å². The Morgan fingerprint density at radius 1 is 0.815 bits per heavy atom. The number of nitrogens with zero attached hydrogens (tertiary/aromatic N) is 1. The zero-order chi connectivity index (χ0) is 19.2. The molecule has 27 heavy (non-hydrogen) atoms. The molecule has 0 spiro atoms. The summed E-state index contributed by atoms with van der Waals surface area (Å²) in [6.45, 7) is 5.76. The molecule has 1 aromatic carbocycles. The number of rotatable bonds is 15. The number of benzene rings is 1. The predicted molar refractivity (Wildman–Crippen MR) is 111 cm³/mol. The Bertz CT molecular complexity index is 450. The Morgan fingerprint density at radius 2 is 1.44 bits per heavy atom. The first-order chi connectivity index (χ1) is 13.3. The standard InChI is InChI=1S/C23H39NO3/c25-15-7-4-12-22-18-24(19-23(22)13-5-8-16-26)14-6-9-17-27-20-21-10-2-1-3-11-21/h1-3,10-11,22-23,25-26H,4-9,12-20H2. The Balaban J connectivity index is 1.60. The fraction of sp³-hybridized carbons (Fsp3) is 0.739. The fourth-order valence-corrected chi connectivity index (χ4v) is 4.21. The van der Waals surface area contributed by atoms with Gasteiger partial charge in [0.05, 0.1) is 6.61 Å². The summed E-state index contributed by atoms with van der Waals surface area (Å²) in [6.07, 6.45) is 8.92. The maximum absolute atomic E-state index is 9.04. The van der Waals surface area contributed by atoms with Gasteiger partial charge in [-0.25, -0.2) is 0 Å². The highest BCUT2D eigenvalue weighted by Crippen LogP contribution is 2.31. The third-order valence-corrected chi connectivity index (χ3v) is 5.74. The monoisotopic (exact) mass is 377 g/mol. The van der Waals surface area contributed by atoms with E-state index in [-0.39, 0.29) is 0 Å². The van der Waals surface area contributed by atoms with Crippen LogP contribution in [0.1, 0.15) is 56.9 Å². The second-order valence-corrected chi connectivity index (χ2v) is 7.96. The van der Waals surface area contributed by atoms with Gasteiger partial charge in [0.1, 0.15) is 0 Å². The molecule has 0 aliphatic carbocycles. The fourth-order valence-electron chi connectivity index (χ4n) is 4.21. The molecule has 0 aromatic heterocycles. The molecule has 1 saturated heterocycles. The van der Waals surface area contributed by atoms with Crippen LogP contribution in [0.4, 0.5) is 0 Å². The van der Waals surface area contributed by atoms with Crippen molar-refractivity contribution in [2.45, 2.75) is 58.0 Å². The highest BCUT2D eigenvalue weighted by molar-refractivity contribution is 5.13. The van der Waals surface area contributed by atoms with E-state index >= 15 is 0 Å². The summed E-state index contributed by atoms with van der Waals surface area (Å²) >= 11 is 0. The predicted octanol–water partition coefficient (Wildman–Crippen LogP) is 3.86. The van der Waals surface area contributed by atoms with Crippen molar-refractivity contribution < 1.29 is 14.9 Å². The zero-order valence-electron chi connectivity index (χ0n) is 16.9. The molecule has 2 unspecified atom stereocenters. The number of ether oxygens (including phenoxy) is 1. The topological polar surface area (TPSA) is 52.9 Å².